The van der Waals surface area contributed by atoms with Crippen molar-refractivity contribution in [1.29, 1.82) is 0 Å². The summed E-state index contributed by atoms with van der Waals surface area (Å²) in [7, 11) is 0. The van der Waals surface area contributed by atoms with Crippen molar-refractivity contribution in [2.75, 3.05) is 0 Å². The molecule has 2 nitrogen and oxygen atoms in total. The second kappa shape index (κ2) is 6.24. The largest absolute Gasteiger partial charge is 0.591 e. The Labute approximate surface area is 110 Å². The minimum Gasteiger partial charge on any atom is -0.591 e. The van der Waals surface area contributed by atoms with Crippen LogP contribution in [0, 0.1) is 11.8 Å². The van der Waals surface area contributed by atoms with E-state index in [9.17, 15) is 4.55 Å². The Hall–Kier alpha value is -0.0200. The number of hydrogen-bond acceptors (Lipinski definition) is 2. The summed E-state index contributed by atoms with van der Waals surface area (Å²) in [6.45, 7) is 10.3. The molecule has 1 atom stereocenters. The van der Waals surface area contributed by atoms with Gasteiger partial charge in [0.2, 0.25) is 0 Å². The summed E-state index contributed by atoms with van der Waals surface area (Å²) < 4.78 is 16.5. The van der Waals surface area contributed by atoms with E-state index in [0.717, 1.165) is 0 Å². The second-order valence-electron chi connectivity index (χ2n) is 6.37. The molecule has 1 aliphatic carbocycles. The fourth-order valence-electron chi connectivity index (χ4n) is 2.28. The van der Waals surface area contributed by atoms with Gasteiger partial charge >= 0.3 is 0 Å². The van der Waals surface area contributed by atoms with Crippen molar-refractivity contribution in [1.82, 2.24) is 0 Å². The summed E-state index contributed by atoms with van der Waals surface area (Å²) in [6, 6.07) is 0. The van der Waals surface area contributed by atoms with E-state index < -0.39 is 11.4 Å². The highest BCUT2D eigenvalue weighted by Gasteiger charge is 2.30. The first-order chi connectivity index (χ1) is 7.82. The molecule has 1 fully saturated rings. The van der Waals surface area contributed by atoms with Crippen molar-refractivity contribution in [3.63, 3.8) is 0 Å². The van der Waals surface area contributed by atoms with Gasteiger partial charge in [-0.15, -0.1) is 0 Å². The van der Waals surface area contributed by atoms with Gasteiger partial charge in [0.15, 0.2) is 0 Å². The van der Waals surface area contributed by atoms with Crippen molar-refractivity contribution in [2.24, 2.45) is 16.2 Å². The summed E-state index contributed by atoms with van der Waals surface area (Å²) in [5.74, 6) is 0.999. The molecule has 1 saturated carbocycles. The molecule has 0 amide bonds. The molecule has 0 aliphatic heterocycles. The van der Waals surface area contributed by atoms with Crippen LogP contribution in [0.15, 0.2) is 4.40 Å². The zero-order valence-electron chi connectivity index (χ0n) is 12.0. The molecule has 0 radical (unpaired) electrons. The quantitative estimate of drug-likeness (QED) is 0.553. The molecule has 0 aromatic heterocycles. The molecular weight excluding hydrogens is 230 g/mol. The molecule has 0 aromatic rings. The van der Waals surface area contributed by atoms with Gasteiger partial charge in [-0.2, -0.15) is 0 Å². The summed E-state index contributed by atoms with van der Waals surface area (Å²) in [4.78, 5) is 0. The number of hydrogen-bond donors (Lipinski definition) is 0. The molecule has 1 rings (SSSR count). The molecule has 3 heteroatoms. The van der Waals surface area contributed by atoms with E-state index in [1.807, 2.05) is 20.8 Å². The van der Waals surface area contributed by atoms with Crippen LogP contribution in [0.5, 0.6) is 0 Å². The van der Waals surface area contributed by atoms with Crippen LogP contribution in [-0.4, -0.2) is 15.0 Å². The average molecular weight is 257 g/mol. The SMILES string of the molecule is CC(C)C(=N[S+]([O-])C(C)(C)C)C1CCCCC1. The fourth-order valence-corrected chi connectivity index (χ4v) is 3.11. The summed E-state index contributed by atoms with van der Waals surface area (Å²) in [5.41, 5.74) is 1.19. The molecule has 0 spiro atoms. The van der Waals surface area contributed by atoms with Crippen LogP contribution in [-0.2, 0) is 11.4 Å². The number of rotatable bonds is 3. The normalized spacial score (nSPS) is 21.9. The first kappa shape index (κ1) is 15.0. The van der Waals surface area contributed by atoms with E-state index in [2.05, 4.69) is 18.2 Å². The highest BCUT2D eigenvalue weighted by molar-refractivity contribution is 7.91. The van der Waals surface area contributed by atoms with Crippen LogP contribution < -0.4 is 0 Å². The van der Waals surface area contributed by atoms with E-state index in [4.69, 9.17) is 0 Å². The summed E-state index contributed by atoms with van der Waals surface area (Å²) in [5, 5.41) is 0. The van der Waals surface area contributed by atoms with E-state index in [1.54, 1.807) is 0 Å². The summed E-state index contributed by atoms with van der Waals surface area (Å²) >= 11 is -1.10. The van der Waals surface area contributed by atoms with Gasteiger partial charge in [0.05, 0.1) is 5.71 Å². The maximum absolute atomic E-state index is 12.1. The first-order valence-corrected chi connectivity index (χ1v) is 7.93. The lowest BCUT2D eigenvalue weighted by molar-refractivity contribution is 0.429. The minimum absolute atomic E-state index is 0.241. The van der Waals surface area contributed by atoms with Crippen molar-refractivity contribution >= 4 is 17.1 Å². The first-order valence-electron chi connectivity index (χ1n) is 6.83. The zero-order valence-corrected chi connectivity index (χ0v) is 12.8. The van der Waals surface area contributed by atoms with Crippen LogP contribution >= 0.6 is 0 Å². The topological polar surface area (TPSA) is 35.4 Å². The highest BCUT2D eigenvalue weighted by Crippen LogP contribution is 2.29. The Bertz CT molecular complexity index is 262. The van der Waals surface area contributed by atoms with Crippen molar-refractivity contribution in [3.8, 4) is 0 Å². The Morgan fingerprint density at radius 3 is 2.12 bits per heavy atom. The lowest BCUT2D eigenvalue weighted by atomic mass is 9.82. The third-order valence-electron chi connectivity index (χ3n) is 3.33. The highest BCUT2D eigenvalue weighted by atomic mass is 32.2. The molecule has 1 aliphatic rings. The number of nitrogens with zero attached hydrogens (tertiary/aromatic N) is 1. The fraction of sp³-hybridized carbons (Fsp3) is 0.929. The van der Waals surface area contributed by atoms with Crippen LogP contribution in [0.25, 0.3) is 0 Å². The van der Waals surface area contributed by atoms with E-state index in [1.165, 1.54) is 37.8 Å². The molecule has 0 N–H and O–H groups in total. The smallest absolute Gasteiger partial charge is 0.144 e. The van der Waals surface area contributed by atoms with Gasteiger partial charge in [0, 0.05) is 5.92 Å². The van der Waals surface area contributed by atoms with Crippen LogP contribution in [0.2, 0.25) is 0 Å². The van der Waals surface area contributed by atoms with Gasteiger partial charge in [-0.3, -0.25) is 0 Å². The van der Waals surface area contributed by atoms with Crippen molar-refractivity contribution in [3.05, 3.63) is 0 Å². The van der Waals surface area contributed by atoms with E-state index >= 15 is 0 Å². The minimum atomic E-state index is -1.10. The lowest BCUT2D eigenvalue weighted by Gasteiger charge is -2.27. The monoisotopic (exact) mass is 257 g/mol. The van der Waals surface area contributed by atoms with Crippen LogP contribution in [0.4, 0.5) is 0 Å². The van der Waals surface area contributed by atoms with Crippen LogP contribution in [0.1, 0.15) is 66.7 Å². The molecule has 0 heterocycles. The van der Waals surface area contributed by atoms with Gasteiger partial charge < -0.3 is 4.55 Å². The van der Waals surface area contributed by atoms with Crippen molar-refractivity contribution < 1.29 is 4.55 Å². The Morgan fingerprint density at radius 1 is 1.18 bits per heavy atom. The third-order valence-corrected chi connectivity index (χ3v) is 4.75. The van der Waals surface area contributed by atoms with Gasteiger partial charge in [0.1, 0.15) is 16.1 Å². The predicted molar refractivity (Wildman–Crippen MR) is 76.7 cm³/mol. The van der Waals surface area contributed by atoms with Gasteiger partial charge in [-0.05, 0) is 39.5 Å². The molecule has 17 heavy (non-hydrogen) atoms. The maximum Gasteiger partial charge on any atom is 0.144 e. The Kier molecular flexibility index (Phi) is 5.52. The molecule has 1 unspecified atom stereocenters. The maximum atomic E-state index is 12.1. The molecule has 0 saturated heterocycles. The van der Waals surface area contributed by atoms with Crippen molar-refractivity contribution in [2.45, 2.75) is 71.5 Å². The molecule has 0 bridgehead atoms. The Balaban J connectivity index is 2.80. The second-order valence-corrected chi connectivity index (χ2v) is 8.27. The predicted octanol–water partition coefficient (Wildman–Crippen LogP) is 4.13. The van der Waals surface area contributed by atoms with E-state index in [0.29, 0.717) is 11.8 Å². The molecule has 0 aromatic carbocycles. The van der Waals surface area contributed by atoms with Gasteiger partial charge in [0.25, 0.3) is 0 Å². The van der Waals surface area contributed by atoms with E-state index in [-0.39, 0.29) is 4.75 Å². The lowest BCUT2D eigenvalue weighted by Crippen LogP contribution is -2.30. The Morgan fingerprint density at radius 2 is 1.71 bits per heavy atom. The molecule has 100 valence electrons. The summed E-state index contributed by atoms with van der Waals surface area (Å²) in [6.07, 6.45) is 6.43. The third kappa shape index (κ3) is 4.63. The molecular formula is C14H27NOS. The zero-order chi connectivity index (χ0) is 13.1. The van der Waals surface area contributed by atoms with Gasteiger partial charge in [-0.1, -0.05) is 37.5 Å². The average Bonchev–Trinajstić information content (AvgIpc) is 2.25. The van der Waals surface area contributed by atoms with Gasteiger partial charge in [-0.25, -0.2) is 0 Å². The van der Waals surface area contributed by atoms with Crippen LogP contribution in [0.3, 0.4) is 0 Å². The standard InChI is InChI=1S/C14H27NOS/c1-11(2)13(12-9-7-6-8-10-12)15-17(16)14(3,4)5/h11-12H,6-10H2,1-5H3.